The van der Waals surface area contributed by atoms with E-state index in [1.807, 2.05) is 23.1 Å². The topological polar surface area (TPSA) is 44.1 Å². The largest absolute Gasteiger partial charge is 0.311 e. The van der Waals surface area contributed by atoms with Crippen LogP contribution in [-0.2, 0) is 10.2 Å². The monoisotopic (exact) mass is 312 g/mol. The van der Waals surface area contributed by atoms with E-state index in [0.717, 1.165) is 24.9 Å². The number of nitriles is 1. The number of rotatable bonds is 8. The minimum atomic E-state index is -0.0931. The molecule has 1 aromatic carbocycles. The normalized spacial score (nSPS) is 19.4. The Morgan fingerprint density at radius 3 is 2.74 bits per heavy atom. The summed E-state index contributed by atoms with van der Waals surface area (Å²) in [5, 5.41) is 8.92. The van der Waals surface area contributed by atoms with Gasteiger partial charge in [-0.25, -0.2) is 0 Å². The summed E-state index contributed by atoms with van der Waals surface area (Å²) in [6, 6.07) is 10.4. The van der Waals surface area contributed by atoms with Crippen LogP contribution >= 0.6 is 0 Å². The van der Waals surface area contributed by atoms with Crippen molar-refractivity contribution in [1.29, 1.82) is 5.26 Å². The molecule has 1 aliphatic heterocycles. The highest BCUT2D eigenvalue weighted by molar-refractivity contribution is 5.96. The van der Waals surface area contributed by atoms with Gasteiger partial charge in [-0.2, -0.15) is 5.26 Å². The lowest BCUT2D eigenvalue weighted by Gasteiger charge is -2.24. The molecule has 1 amide bonds. The van der Waals surface area contributed by atoms with Crippen molar-refractivity contribution < 1.29 is 4.79 Å². The molecule has 2 rings (SSSR count). The molecule has 3 heteroatoms. The van der Waals surface area contributed by atoms with Crippen molar-refractivity contribution in [2.75, 3.05) is 11.4 Å². The van der Waals surface area contributed by atoms with Gasteiger partial charge in [-0.15, -0.1) is 0 Å². The quantitative estimate of drug-likeness (QED) is 0.637. The van der Waals surface area contributed by atoms with E-state index >= 15 is 0 Å². The Hall–Kier alpha value is -1.82. The highest BCUT2D eigenvalue weighted by Gasteiger charge is 2.40. The van der Waals surface area contributed by atoms with Gasteiger partial charge in [0.25, 0.3) is 0 Å². The standard InChI is InChI=1S/C20H28N2O/c1-3-4-5-6-7-13-19(23)22-16-20(2,14-10-15-21)17-11-8-9-12-18(17)22/h8-9,11-12H,3-7,10,13-14,16H2,1-2H3. The Labute approximate surface area is 140 Å². The van der Waals surface area contributed by atoms with E-state index in [9.17, 15) is 4.79 Å². The smallest absolute Gasteiger partial charge is 0.227 e. The molecule has 3 nitrogen and oxygen atoms in total. The Morgan fingerprint density at radius 1 is 1.26 bits per heavy atom. The van der Waals surface area contributed by atoms with Gasteiger partial charge in [0.05, 0.1) is 6.07 Å². The van der Waals surface area contributed by atoms with Gasteiger partial charge in [-0.05, 0) is 24.5 Å². The third-order valence-electron chi connectivity index (χ3n) is 4.94. The van der Waals surface area contributed by atoms with Crippen LogP contribution in [0.25, 0.3) is 0 Å². The van der Waals surface area contributed by atoms with Gasteiger partial charge in [0, 0.05) is 30.5 Å². The Morgan fingerprint density at radius 2 is 2.00 bits per heavy atom. The first-order valence-electron chi connectivity index (χ1n) is 8.89. The molecule has 0 spiro atoms. The van der Waals surface area contributed by atoms with Crippen LogP contribution in [0.1, 0.15) is 70.8 Å². The van der Waals surface area contributed by atoms with Gasteiger partial charge in [-0.1, -0.05) is 57.7 Å². The van der Waals surface area contributed by atoms with Crippen LogP contribution in [0, 0.1) is 11.3 Å². The molecule has 0 aromatic heterocycles. The van der Waals surface area contributed by atoms with E-state index in [0.29, 0.717) is 19.4 Å². The van der Waals surface area contributed by atoms with Crippen LogP contribution in [0.2, 0.25) is 0 Å². The number of carbonyl (C=O) groups excluding carboxylic acids is 1. The molecule has 0 saturated heterocycles. The van der Waals surface area contributed by atoms with Crippen LogP contribution in [0.5, 0.6) is 0 Å². The molecular weight excluding hydrogens is 284 g/mol. The van der Waals surface area contributed by atoms with Gasteiger partial charge in [0.2, 0.25) is 5.91 Å². The molecule has 23 heavy (non-hydrogen) atoms. The molecule has 0 saturated carbocycles. The minimum Gasteiger partial charge on any atom is -0.311 e. The highest BCUT2D eigenvalue weighted by Crippen LogP contribution is 2.43. The molecule has 0 radical (unpaired) electrons. The van der Waals surface area contributed by atoms with Gasteiger partial charge in [0.15, 0.2) is 0 Å². The van der Waals surface area contributed by atoms with Crippen LogP contribution < -0.4 is 4.90 Å². The minimum absolute atomic E-state index is 0.0931. The summed E-state index contributed by atoms with van der Waals surface area (Å²) in [4.78, 5) is 14.6. The number of fused-ring (bicyclic) bond motifs is 1. The van der Waals surface area contributed by atoms with E-state index < -0.39 is 0 Å². The summed E-state index contributed by atoms with van der Waals surface area (Å²) in [6.07, 6.45) is 7.79. The molecule has 0 aliphatic carbocycles. The lowest BCUT2D eigenvalue weighted by atomic mass is 9.80. The van der Waals surface area contributed by atoms with Gasteiger partial charge in [-0.3, -0.25) is 4.79 Å². The number of para-hydroxylation sites is 1. The highest BCUT2D eigenvalue weighted by atomic mass is 16.2. The van der Waals surface area contributed by atoms with Gasteiger partial charge in [0.1, 0.15) is 0 Å². The van der Waals surface area contributed by atoms with Crippen molar-refractivity contribution in [1.82, 2.24) is 0 Å². The average Bonchev–Trinajstić information content (AvgIpc) is 2.87. The lowest BCUT2D eigenvalue weighted by Crippen LogP contribution is -2.35. The molecule has 0 fully saturated rings. The number of hydrogen-bond donors (Lipinski definition) is 0. The molecule has 1 aliphatic rings. The van der Waals surface area contributed by atoms with Crippen molar-refractivity contribution >= 4 is 11.6 Å². The average molecular weight is 312 g/mol. The maximum Gasteiger partial charge on any atom is 0.227 e. The van der Waals surface area contributed by atoms with Crippen molar-refractivity contribution in [3.63, 3.8) is 0 Å². The van der Waals surface area contributed by atoms with E-state index in [2.05, 4.69) is 26.0 Å². The number of hydrogen-bond acceptors (Lipinski definition) is 2. The molecule has 1 unspecified atom stereocenters. The Bertz CT molecular complexity index is 575. The molecule has 1 atom stereocenters. The second-order valence-electron chi connectivity index (χ2n) is 6.88. The predicted molar refractivity (Wildman–Crippen MR) is 94.4 cm³/mol. The van der Waals surface area contributed by atoms with Crippen LogP contribution in [0.3, 0.4) is 0 Å². The summed E-state index contributed by atoms with van der Waals surface area (Å²) >= 11 is 0. The molecular formula is C20H28N2O. The van der Waals surface area contributed by atoms with Gasteiger partial charge < -0.3 is 4.90 Å². The van der Waals surface area contributed by atoms with Crippen molar-refractivity contribution in [2.24, 2.45) is 0 Å². The molecule has 1 aromatic rings. The lowest BCUT2D eigenvalue weighted by molar-refractivity contribution is -0.118. The van der Waals surface area contributed by atoms with E-state index in [1.165, 1.54) is 24.8 Å². The summed E-state index contributed by atoms with van der Waals surface area (Å²) in [5.41, 5.74) is 2.17. The summed E-state index contributed by atoms with van der Waals surface area (Å²) in [6.45, 7) is 5.09. The fraction of sp³-hybridized carbons (Fsp3) is 0.600. The molecule has 0 bridgehead atoms. The molecule has 1 heterocycles. The van der Waals surface area contributed by atoms with Gasteiger partial charge >= 0.3 is 0 Å². The zero-order valence-electron chi connectivity index (χ0n) is 14.5. The van der Waals surface area contributed by atoms with Crippen molar-refractivity contribution in [2.45, 2.75) is 70.6 Å². The first kappa shape index (κ1) is 17.5. The number of anilines is 1. The second-order valence-corrected chi connectivity index (χ2v) is 6.88. The number of amides is 1. The molecule has 124 valence electrons. The first-order chi connectivity index (χ1) is 11.1. The van der Waals surface area contributed by atoms with Crippen molar-refractivity contribution in [3.05, 3.63) is 29.8 Å². The van der Waals surface area contributed by atoms with E-state index in [-0.39, 0.29) is 11.3 Å². The SMILES string of the molecule is CCCCCCCC(=O)N1CC(C)(CCC#N)c2ccccc21. The zero-order valence-corrected chi connectivity index (χ0v) is 14.5. The Balaban J connectivity index is 2.03. The molecule has 0 N–H and O–H groups in total. The summed E-state index contributed by atoms with van der Waals surface area (Å²) in [7, 11) is 0. The number of benzene rings is 1. The van der Waals surface area contributed by atoms with E-state index in [1.54, 1.807) is 0 Å². The van der Waals surface area contributed by atoms with Crippen LogP contribution in [0.4, 0.5) is 5.69 Å². The summed E-state index contributed by atoms with van der Waals surface area (Å²) < 4.78 is 0. The number of unbranched alkanes of at least 4 members (excludes halogenated alkanes) is 4. The fourth-order valence-electron chi connectivity index (χ4n) is 3.52. The van der Waals surface area contributed by atoms with Crippen LogP contribution in [0.15, 0.2) is 24.3 Å². The van der Waals surface area contributed by atoms with Crippen molar-refractivity contribution in [3.8, 4) is 6.07 Å². The maximum absolute atomic E-state index is 12.7. The summed E-state index contributed by atoms with van der Waals surface area (Å²) in [5.74, 6) is 0.231. The fourth-order valence-corrected chi connectivity index (χ4v) is 3.52. The van der Waals surface area contributed by atoms with E-state index in [4.69, 9.17) is 5.26 Å². The third kappa shape index (κ3) is 4.13. The number of nitrogens with zero attached hydrogens (tertiary/aromatic N) is 2. The second kappa shape index (κ2) is 8.15. The maximum atomic E-state index is 12.7. The third-order valence-corrected chi connectivity index (χ3v) is 4.94. The van der Waals surface area contributed by atoms with Crippen LogP contribution in [-0.4, -0.2) is 12.5 Å². The number of carbonyl (C=O) groups is 1. The Kier molecular flexibility index (Phi) is 6.21. The first-order valence-corrected chi connectivity index (χ1v) is 8.89. The zero-order chi connectivity index (χ0) is 16.7. The predicted octanol–water partition coefficient (Wildman–Crippen LogP) is 4.96.